The fourth-order valence-electron chi connectivity index (χ4n) is 0.557. The molecule has 0 fully saturated rings. The molecule has 0 saturated carbocycles. The van der Waals surface area contributed by atoms with Crippen LogP contribution in [0.2, 0.25) is 0 Å². The summed E-state index contributed by atoms with van der Waals surface area (Å²) in [5.41, 5.74) is 0. The first kappa shape index (κ1) is 9.35. The largest absolute Gasteiger partial charge is 0.285 e. The van der Waals surface area contributed by atoms with E-state index in [0.29, 0.717) is 8.96 Å². The normalized spacial score (nSPS) is 19.0. The van der Waals surface area contributed by atoms with Crippen molar-refractivity contribution in [1.82, 2.24) is 0 Å². The van der Waals surface area contributed by atoms with Crippen molar-refractivity contribution >= 4 is 59.4 Å². The maximum absolute atomic E-state index is 10.9. The van der Waals surface area contributed by atoms with Crippen molar-refractivity contribution in [3.05, 3.63) is 19.5 Å². The summed E-state index contributed by atoms with van der Waals surface area (Å²) in [4.78, 5) is 21.8. The minimum absolute atomic E-state index is 0.261. The summed E-state index contributed by atoms with van der Waals surface area (Å²) < 4.78 is 1.41. The van der Waals surface area contributed by atoms with E-state index in [2.05, 4.69) is 47.8 Å². The number of hydrogen-bond acceptors (Lipinski definition) is 2. The Balaban J connectivity index is 3.22. The van der Waals surface area contributed by atoms with Gasteiger partial charge >= 0.3 is 0 Å². The molecule has 0 aromatic carbocycles. The van der Waals surface area contributed by atoms with Gasteiger partial charge in [-0.1, -0.05) is 0 Å². The number of allylic oxidation sites excluding steroid dienone is 4. The van der Waals surface area contributed by atoms with Crippen LogP contribution in [0, 0.1) is 0 Å². The van der Waals surface area contributed by atoms with Gasteiger partial charge in [-0.2, -0.15) is 0 Å². The van der Waals surface area contributed by atoms with E-state index in [0.717, 1.165) is 0 Å². The number of carbonyl (C=O) groups excluding carboxylic acids is 2. The topological polar surface area (TPSA) is 34.1 Å². The Bertz CT molecular complexity index is 301. The SMILES string of the molecule is O=C1C=C(Br)C(Br)=C(Br)C1=O. The molecule has 0 aliphatic heterocycles. The lowest BCUT2D eigenvalue weighted by Crippen LogP contribution is -2.15. The first-order valence-corrected chi connectivity index (χ1v) is 4.93. The summed E-state index contributed by atoms with van der Waals surface area (Å²) in [6, 6.07) is 0. The van der Waals surface area contributed by atoms with E-state index in [1.54, 1.807) is 0 Å². The van der Waals surface area contributed by atoms with E-state index in [1.165, 1.54) is 6.08 Å². The number of halogens is 3. The Kier molecular flexibility index (Phi) is 2.83. The molecule has 0 radical (unpaired) electrons. The van der Waals surface area contributed by atoms with Gasteiger partial charge in [0.25, 0.3) is 0 Å². The molecule has 0 spiro atoms. The van der Waals surface area contributed by atoms with Crippen LogP contribution in [0.25, 0.3) is 0 Å². The van der Waals surface area contributed by atoms with Crippen LogP contribution in [0.15, 0.2) is 19.5 Å². The van der Waals surface area contributed by atoms with Crippen LogP contribution in [0.3, 0.4) is 0 Å². The number of rotatable bonds is 0. The molecule has 0 saturated heterocycles. The first-order valence-electron chi connectivity index (χ1n) is 2.55. The molecule has 1 aliphatic rings. The number of ketones is 2. The van der Waals surface area contributed by atoms with Crippen LogP contribution in [0.4, 0.5) is 0 Å². The van der Waals surface area contributed by atoms with Gasteiger partial charge in [0.2, 0.25) is 11.6 Å². The molecule has 0 bridgehead atoms. The molecule has 0 aromatic rings. The second kappa shape index (κ2) is 3.33. The van der Waals surface area contributed by atoms with Crippen molar-refractivity contribution in [2.24, 2.45) is 0 Å². The average Bonchev–Trinajstić information content (AvgIpc) is 1.97. The lowest BCUT2D eigenvalue weighted by atomic mass is 10.1. The van der Waals surface area contributed by atoms with Crippen molar-refractivity contribution in [1.29, 1.82) is 0 Å². The molecule has 58 valence electrons. The van der Waals surface area contributed by atoms with Crippen molar-refractivity contribution < 1.29 is 9.59 Å². The molecular weight excluding hydrogens is 344 g/mol. The molecule has 0 heterocycles. The van der Waals surface area contributed by atoms with Crippen molar-refractivity contribution in [2.75, 3.05) is 0 Å². The van der Waals surface area contributed by atoms with E-state index < -0.39 is 11.6 Å². The Labute approximate surface area is 88.1 Å². The zero-order valence-corrected chi connectivity index (χ0v) is 9.79. The minimum Gasteiger partial charge on any atom is -0.285 e. The van der Waals surface area contributed by atoms with Gasteiger partial charge in [0.1, 0.15) is 0 Å². The fourth-order valence-corrected chi connectivity index (χ4v) is 1.93. The van der Waals surface area contributed by atoms with Gasteiger partial charge in [-0.3, -0.25) is 9.59 Å². The maximum atomic E-state index is 10.9. The van der Waals surface area contributed by atoms with Gasteiger partial charge in [-0.15, -0.1) is 0 Å². The zero-order chi connectivity index (χ0) is 8.59. The molecule has 1 rings (SSSR count). The Morgan fingerprint density at radius 1 is 1.00 bits per heavy atom. The molecule has 2 nitrogen and oxygen atoms in total. The maximum Gasteiger partial charge on any atom is 0.241 e. The third kappa shape index (κ3) is 1.71. The molecule has 0 N–H and O–H groups in total. The van der Waals surface area contributed by atoms with Gasteiger partial charge in [0, 0.05) is 10.6 Å². The summed E-state index contributed by atoms with van der Waals surface area (Å²) in [5.74, 6) is -1.05. The van der Waals surface area contributed by atoms with Gasteiger partial charge in [0.15, 0.2) is 0 Å². The van der Waals surface area contributed by atoms with Crippen molar-refractivity contribution in [3.8, 4) is 0 Å². The zero-order valence-electron chi connectivity index (χ0n) is 5.03. The summed E-state index contributed by atoms with van der Waals surface area (Å²) in [5, 5.41) is 0. The molecule has 0 atom stereocenters. The molecule has 0 aromatic heterocycles. The summed E-state index contributed by atoms with van der Waals surface area (Å²) in [6.45, 7) is 0. The van der Waals surface area contributed by atoms with Crippen LogP contribution < -0.4 is 0 Å². The first-order chi connectivity index (χ1) is 5.04. The number of hydrogen-bond donors (Lipinski definition) is 0. The average molecular weight is 345 g/mol. The predicted molar refractivity (Wildman–Crippen MR) is 51.9 cm³/mol. The third-order valence-electron chi connectivity index (χ3n) is 1.08. The Hall–Kier alpha value is 0.260. The molecule has 0 amide bonds. The van der Waals surface area contributed by atoms with E-state index in [4.69, 9.17) is 0 Å². The van der Waals surface area contributed by atoms with E-state index >= 15 is 0 Å². The summed E-state index contributed by atoms with van der Waals surface area (Å²) in [7, 11) is 0. The van der Waals surface area contributed by atoms with Crippen molar-refractivity contribution in [2.45, 2.75) is 0 Å². The number of carbonyl (C=O) groups is 2. The van der Waals surface area contributed by atoms with Crippen LogP contribution in [0.5, 0.6) is 0 Å². The number of Topliss-reactive ketones (excluding diaryl/α,β-unsaturated/α-hetero) is 1. The highest BCUT2D eigenvalue weighted by molar-refractivity contribution is 9.16. The van der Waals surface area contributed by atoms with Crippen LogP contribution in [-0.2, 0) is 9.59 Å². The lowest BCUT2D eigenvalue weighted by molar-refractivity contribution is -0.131. The monoisotopic (exact) mass is 342 g/mol. The van der Waals surface area contributed by atoms with Gasteiger partial charge in [-0.05, 0) is 47.8 Å². The fraction of sp³-hybridized carbons (Fsp3) is 0. The van der Waals surface area contributed by atoms with Crippen molar-refractivity contribution in [3.63, 3.8) is 0 Å². The van der Waals surface area contributed by atoms with Gasteiger partial charge < -0.3 is 0 Å². The van der Waals surface area contributed by atoms with E-state index in [-0.39, 0.29) is 4.48 Å². The lowest BCUT2D eigenvalue weighted by Gasteiger charge is -2.06. The second-order valence-electron chi connectivity index (χ2n) is 1.81. The third-order valence-corrected chi connectivity index (χ3v) is 4.35. The smallest absolute Gasteiger partial charge is 0.241 e. The van der Waals surface area contributed by atoms with Crippen LogP contribution in [0.1, 0.15) is 0 Å². The Morgan fingerprint density at radius 3 is 2.09 bits per heavy atom. The molecule has 0 unspecified atom stereocenters. The quantitative estimate of drug-likeness (QED) is 0.499. The van der Waals surface area contributed by atoms with Crippen LogP contribution in [-0.4, -0.2) is 11.6 Å². The summed E-state index contributed by atoms with van der Waals surface area (Å²) in [6.07, 6.45) is 1.23. The highest BCUT2D eigenvalue weighted by Gasteiger charge is 2.24. The van der Waals surface area contributed by atoms with Crippen LogP contribution >= 0.6 is 47.8 Å². The minimum atomic E-state index is -0.528. The Morgan fingerprint density at radius 2 is 1.55 bits per heavy atom. The van der Waals surface area contributed by atoms with E-state index in [1.807, 2.05) is 0 Å². The molecule has 5 heteroatoms. The highest BCUT2D eigenvalue weighted by Crippen LogP contribution is 2.33. The van der Waals surface area contributed by atoms with E-state index in [9.17, 15) is 9.59 Å². The predicted octanol–water partition coefficient (Wildman–Crippen LogP) is 2.42. The summed E-state index contributed by atoms with van der Waals surface area (Å²) >= 11 is 9.24. The molecule has 1 aliphatic carbocycles. The van der Waals surface area contributed by atoms with Gasteiger partial charge in [0.05, 0.1) is 8.96 Å². The standard InChI is InChI=1S/C6HBr3O2/c7-2-1-3(10)6(11)5(9)4(2)8/h1H. The molecular formula is C6HBr3O2. The highest BCUT2D eigenvalue weighted by atomic mass is 79.9. The second-order valence-corrected chi connectivity index (χ2v) is 4.25. The van der Waals surface area contributed by atoms with Gasteiger partial charge in [-0.25, -0.2) is 0 Å². The molecule has 11 heavy (non-hydrogen) atoms.